The molecule has 1 saturated heterocycles. The molecule has 2 aliphatic heterocycles. The summed E-state index contributed by atoms with van der Waals surface area (Å²) >= 11 is 0.981. The first-order chi connectivity index (χ1) is 18.9. The molecule has 2 unspecified atom stereocenters. The molecule has 2 aromatic rings. The molecule has 14 heteroatoms. The van der Waals surface area contributed by atoms with Crippen LogP contribution >= 0.6 is 11.8 Å². The predicted molar refractivity (Wildman–Crippen MR) is 151 cm³/mol. The summed E-state index contributed by atoms with van der Waals surface area (Å²) in [5.41, 5.74) is 1.14. The second kappa shape index (κ2) is 10.8. The number of hydrogen-bond donors (Lipinski definition) is 2. The summed E-state index contributed by atoms with van der Waals surface area (Å²) in [6.07, 6.45) is 6.22. The highest BCUT2D eigenvalue weighted by atomic mass is 32.3. The zero-order valence-corrected chi connectivity index (χ0v) is 24.6. The van der Waals surface area contributed by atoms with E-state index in [2.05, 4.69) is 15.1 Å². The summed E-state index contributed by atoms with van der Waals surface area (Å²) in [5, 5.41) is 6.38. The van der Waals surface area contributed by atoms with Gasteiger partial charge in [0.05, 0.1) is 24.3 Å². The quantitative estimate of drug-likeness (QED) is 0.408. The van der Waals surface area contributed by atoms with Gasteiger partial charge in [-0.15, -0.1) is 0 Å². The Balaban J connectivity index is 1.43. The summed E-state index contributed by atoms with van der Waals surface area (Å²) in [4.78, 5) is 31.7. The Hall–Kier alpha value is -2.94. The Morgan fingerprint density at radius 1 is 1.23 bits per heavy atom. The lowest BCUT2D eigenvalue weighted by Crippen LogP contribution is -2.58. The molecule has 3 amide bonds. The van der Waals surface area contributed by atoms with E-state index in [1.54, 1.807) is 48.2 Å². The van der Waals surface area contributed by atoms with E-state index in [-0.39, 0.29) is 17.3 Å². The third-order valence-electron chi connectivity index (χ3n) is 7.41. The lowest BCUT2D eigenvalue weighted by molar-refractivity contribution is -0.135. The number of hydrogen-bond acceptors (Lipinski definition) is 8. The number of carbonyl (C=O) groups is 2. The van der Waals surface area contributed by atoms with Crippen molar-refractivity contribution in [2.75, 3.05) is 32.1 Å². The number of nitrogens with one attached hydrogen (secondary N) is 2. The van der Waals surface area contributed by atoms with Crippen molar-refractivity contribution >= 4 is 39.4 Å². The molecule has 3 aliphatic rings. The van der Waals surface area contributed by atoms with E-state index >= 15 is 4.39 Å². The average Bonchev–Trinajstić information content (AvgIpc) is 3.26. The van der Waals surface area contributed by atoms with Gasteiger partial charge in [-0.1, -0.05) is 17.8 Å². The molecule has 3 heterocycles. The van der Waals surface area contributed by atoms with Gasteiger partial charge in [-0.05, 0) is 50.6 Å². The number of urea groups is 1. The molecule has 1 saturated carbocycles. The minimum absolute atomic E-state index is 0.00750. The van der Waals surface area contributed by atoms with Gasteiger partial charge < -0.3 is 15.1 Å². The number of imide groups is 1. The number of sulfonamides is 1. The van der Waals surface area contributed by atoms with Crippen LogP contribution < -0.4 is 14.9 Å². The number of carbonyl (C=O) groups excluding carboxylic acids is 2. The highest BCUT2D eigenvalue weighted by Gasteiger charge is 2.52. The van der Waals surface area contributed by atoms with Crippen LogP contribution in [0.3, 0.4) is 0 Å². The monoisotopic (exact) mass is 591 g/mol. The van der Waals surface area contributed by atoms with Crippen LogP contribution in [0.1, 0.15) is 30.9 Å². The van der Waals surface area contributed by atoms with Crippen molar-refractivity contribution < 1.29 is 22.4 Å². The number of thioether (sulfide) groups is 1. The zero-order chi connectivity index (χ0) is 28.8. The van der Waals surface area contributed by atoms with Gasteiger partial charge in [-0.3, -0.25) is 14.4 Å². The number of aromatic nitrogens is 2. The molecule has 40 heavy (non-hydrogen) atoms. The van der Waals surface area contributed by atoms with Crippen LogP contribution in [-0.4, -0.2) is 78.0 Å². The van der Waals surface area contributed by atoms with Crippen molar-refractivity contribution in [1.82, 2.24) is 29.6 Å². The summed E-state index contributed by atoms with van der Waals surface area (Å²) < 4.78 is 45.8. The minimum atomic E-state index is -3.87. The first-order valence-corrected chi connectivity index (χ1v) is 15.4. The molecule has 2 N–H and O–H groups in total. The molecule has 2 atom stereocenters. The van der Waals surface area contributed by atoms with Crippen LogP contribution in [0.25, 0.3) is 0 Å². The summed E-state index contributed by atoms with van der Waals surface area (Å²) in [7, 11) is 1.49. The zero-order valence-electron chi connectivity index (χ0n) is 22.9. The average molecular weight is 592 g/mol. The number of anilines is 1. The van der Waals surface area contributed by atoms with Crippen molar-refractivity contribution in [1.29, 1.82) is 0 Å². The van der Waals surface area contributed by atoms with Crippen molar-refractivity contribution in [3.8, 4) is 0 Å². The second-order valence-corrected chi connectivity index (χ2v) is 13.9. The maximum absolute atomic E-state index is 15.1. The molecule has 216 valence electrons. The molecular formula is C26H34FN7O4S2. The smallest absolute Gasteiger partial charge is 0.328 e. The van der Waals surface area contributed by atoms with Crippen molar-refractivity contribution in [3.05, 3.63) is 57.9 Å². The van der Waals surface area contributed by atoms with E-state index in [9.17, 15) is 18.0 Å². The highest BCUT2D eigenvalue weighted by Crippen LogP contribution is 2.46. The number of aryl methyl sites for hydroxylation is 1. The van der Waals surface area contributed by atoms with Crippen LogP contribution in [0.5, 0.6) is 0 Å². The van der Waals surface area contributed by atoms with Crippen LogP contribution in [0.4, 0.5) is 14.9 Å². The molecule has 1 aromatic carbocycles. The van der Waals surface area contributed by atoms with Gasteiger partial charge in [0.2, 0.25) is 15.9 Å². The topological polar surface area (TPSA) is 120 Å². The fourth-order valence-electron chi connectivity index (χ4n) is 4.86. The third-order valence-corrected chi connectivity index (χ3v) is 10.9. The van der Waals surface area contributed by atoms with E-state index in [0.717, 1.165) is 29.5 Å². The van der Waals surface area contributed by atoms with Gasteiger partial charge in [-0.2, -0.15) is 5.10 Å². The summed E-state index contributed by atoms with van der Waals surface area (Å²) in [5.74, 6) is -1.77. The molecule has 0 radical (unpaired) electrons. The molecule has 5 rings (SSSR count). The van der Waals surface area contributed by atoms with Gasteiger partial charge in [-0.25, -0.2) is 22.3 Å². The Labute approximate surface area is 237 Å². The number of likely N-dealkylation sites (N-methyl/N-ethyl adjacent to an activating group) is 2. The first kappa shape index (κ1) is 28.6. The van der Waals surface area contributed by atoms with E-state index in [4.69, 9.17) is 0 Å². The largest absolute Gasteiger partial charge is 0.371 e. The van der Waals surface area contributed by atoms with Crippen molar-refractivity contribution in [2.24, 2.45) is 13.0 Å². The molecular weight excluding hydrogens is 557 g/mol. The van der Waals surface area contributed by atoms with Crippen LogP contribution in [0.2, 0.25) is 0 Å². The lowest BCUT2D eigenvalue weighted by Gasteiger charge is -2.41. The maximum Gasteiger partial charge on any atom is 0.328 e. The molecule has 0 spiro atoms. The number of halogens is 1. The Kier molecular flexibility index (Phi) is 7.72. The number of nitrogens with zero attached hydrogens (tertiary/aromatic N) is 5. The van der Waals surface area contributed by atoms with Crippen molar-refractivity contribution in [3.63, 3.8) is 0 Å². The number of benzene rings is 1. The van der Waals surface area contributed by atoms with Crippen LogP contribution in [0, 0.1) is 11.7 Å². The summed E-state index contributed by atoms with van der Waals surface area (Å²) in [6.45, 7) is 3.13. The van der Waals surface area contributed by atoms with Crippen LogP contribution in [0.15, 0.2) is 40.9 Å². The molecule has 11 nitrogen and oxygen atoms in total. The van der Waals surface area contributed by atoms with Gasteiger partial charge in [0.1, 0.15) is 15.4 Å². The van der Waals surface area contributed by atoms with Gasteiger partial charge >= 0.3 is 6.03 Å². The fraction of sp³-hybridized carbons (Fsp3) is 0.500. The van der Waals surface area contributed by atoms with Gasteiger partial charge in [0, 0.05) is 51.0 Å². The SMILES string of the molecule is CNCCN(C)c1ccc(CN2C(=O)N(Cc3cnn(C)c3)C(=O)C3C=C(S(=O)(=O)NC4(C)CC4)SC32)cc1F. The second-order valence-electron chi connectivity index (χ2n) is 10.9. The normalized spacial score (nSPS) is 22.0. The molecule has 2 fully saturated rings. The summed E-state index contributed by atoms with van der Waals surface area (Å²) in [6, 6.07) is 4.24. The number of amides is 3. The molecule has 0 bridgehead atoms. The van der Waals surface area contributed by atoms with E-state index in [1.165, 1.54) is 17.0 Å². The lowest BCUT2D eigenvalue weighted by atomic mass is 10.0. The molecule has 1 aromatic heterocycles. The number of fused-ring (bicyclic) bond motifs is 1. The Bertz CT molecular complexity index is 1460. The Morgan fingerprint density at radius 3 is 2.60 bits per heavy atom. The van der Waals surface area contributed by atoms with Gasteiger partial charge in [0.25, 0.3) is 0 Å². The van der Waals surface area contributed by atoms with E-state index < -0.39 is 44.6 Å². The van der Waals surface area contributed by atoms with E-state index in [0.29, 0.717) is 29.9 Å². The number of rotatable bonds is 11. The molecule has 1 aliphatic carbocycles. The Morgan fingerprint density at radius 2 is 1.98 bits per heavy atom. The minimum Gasteiger partial charge on any atom is -0.371 e. The highest BCUT2D eigenvalue weighted by molar-refractivity contribution is 8.18. The van der Waals surface area contributed by atoms with Crippen molar-refractivity contribution in [2.45, 2.75) is 43.8 Å². The van der Waals surface area contributed by atoms with Gasteiger partial charge in [0.15, 0.2) is 0 Å². The first-order valence-electron chi connectivity index (χ1n) is 13.1. The fourth-order valence-corrected chi connectivity index (χ4v) is 8.16. The standard InChI is InChI=1S/C26H34FN7O4S2/c1-26(7-8-26)30-40(37,38)22-12-19-23(35)33(16-18-13-29-32(4)14-18)25(36)34(24(19)39-22)15-17-5-6-21(20(27)11-17)31(3)10-9-28-2/h5-6,11-14,19,24,28,30H,7-10,15-16H2,1-4H3. The van der Waals surface area contributed by atoms with E-state index in [1.807, 2.05) is 14.0 Å². The predicted octanol–water partition coefficient (Wildman–Crippen LogP) is 2.18. The maximum atomic E-state index is 15.1. The third kappa shape index (κ3) is 5.76. The van der Waals surface area contributed by atoms with Crippen LogP contribution in [-0.2, 0) is 35.0 Å².